The van der Waals surface area contributed by atoms with Gasteiger partial charge in [-0.1, -0.05) is 9.39 Å². The summed E-state index contributed by atoms with van der Waals surface area (Å²) in [5.41, 5.74) is 0. The lowest BCUT2D eigenvalue weighted by atomic mass is 9.90. The number of piperidine rings is 1. The predicted molar refractivity (Wildman–Crippen MR) is 53.3 cm³/mol. The van der Waals surface area contributed by atoms with E-state index in [9.17, 15) is 4.79 Å². The van der Waals surface area contributed by atoms with E-state index in [-0.39, 0.29) is 0 Å². The zero-order chi connectivity index (χ0) is 9.42. The average molecular weight is 201 g/mol. The van der Waals surface area contributed by atoms with Crippen molar-refractivity contribution >= 4 is 15.4 Å². The molecule has 0 aromatic rings. The van der Waals surface area contributed by atoms with Gasteiger partial charge in [0.05, 0.1) is 0 Å². The molecule has 2 aliphatic rings. The molecular formula is C9H16NO2P. The Labute approximate surface area is 80.7 Å². The minimum absolute atomic E-state index is 0.367. The van der Waals surface area contributed by atoms with Crippen molar-refractivity contribution in [3.05, 3.63) is 0 Å². The number of carbonyl (C=O) groups is 1. The van der Waals surface area contributed by atoms with E-state index < -0.39 is 5.97 Å². The smallest absolute Gasteiger partial charge is 0.303 e. The molecule has 0 radical (unpaired) electrons. The first-order valence-corrected chi connectivity index (χ1v) is 5.43. The molecular weight excluding hydrogens is 185 g/mol. The molecule has 2 bridgehead atoms. The second kappa shape index (κ2) is 3.55. The van der Waals surface area contributed by atoms with Gasteiger partial charge in [-0.3, -0.25) is 9.46 Å². The van der Waals surface area contributed by atoms with Crippen LogP contribution < -0.4 is 0 Å². The monoisotopic (exact) mass is 201 g/mol. The van der Waals surface area contributed by atoms with Gasteiger partial charge in [0.2, 0.25) is 0 Å². The molecule has 1 N–H and O–H groups in total. The fraction of sp³-hybridized carbons (Fsp3) is 0.889. The summed E-state index contributed by atoms with van der Waals surface area (Å²) in [7, 11) is 2.79. The standard InChI is InChI=1S/C9H16NO2P/c11-9(12)5-6-3-7-1-2-8(4-6)10(7)13/h6-8H,1-5,13H2,(H,11,12). The van der Waals surface area contributed by atoms with E-state index in [1.165, 1.54) is 12.8 Å². The molecule has 2 heterocycles. The van der Waals surface area contributed by atoms with E-state index in [0.717, 1.165) is 12.8 Å². The first kappa shape index (κ1) is 9.42. The second-order valence-corrected chi connectivity index (χ2v) is 4.86. The van der Waals surface area contributed by atoms with Gasteiger partial charge in [-0.25, -0.2) is 0 Å². The van der Waals surface area contributed by atoms with Crippen LogP contribution in [-0.4, -0.2) is 27.8 Å². The summed E-state index contributed by atoms with van der Waals surface area (Å²) >= 11 is 0. The molecule has 74 valence electrons. The van der Waals surface area contributed by atoms with Crippen LogP contribution >= 0.6 is 9.39 Å². The average Bonchev–Trinajstić information content (AvgIpc) is 2.33. The van der Waals surface area contributed by atoms with E-state index in [1.54, 1.807) is 0 Å². The molecule has 2 saturated heterocycles. The van der Waals surface area contributed by atoms with Crippen molar-refractivity contribution in [2.75, 3.05) is 0 Å². The Morgan fingerprint density at radius 1 is 1.38 bits per heavy atom. The van der Waals surface area contributed by atoms with Crippen LogP contribution in [-0.2, 0) is 4.79 Å². The number of carboxylic acids is 1. The highest BCUT2D eigenvalue weighted by Crippen LogP contribution is 2.41. The second-order valence-electron chi connectivity index (χ2n) is 4.27. The third-order valence-corrected chi connectivity index (χ3v) is 4.19. The van der Waals surface area contributed by atoms with Crippen LogP contribution in [0, 0.1) is 5.92 Å². The molecule has 0 aromatic heterocycles. The number of hydrogen-bond acceptors (Lipinski definition) is 2. The molecule has 0 amide bonds. The van der Waals surface area contributed by atoms with Crippen LogP contribution in [0.1, 0.15) is 32.1 Å². The van der Waals surface area contributed by atoms with Crippen molar-refractivity contribution in [3.8, 4) is 0 Å². The number of aliphatic carboxylic acids is 1. The maximum Gasteiger partial charge on any atom is 0.303 e. The fourth-order valence-corrected chi connectivity index (χ4v) is 3.28. The third-order valence-electron chi connectivity index (χ3n) is 3.35. The lowest BCUT2D eigenvalue weighted by Crippen LogP contribution is -2.36. The van der Waals surface area contributed by atoms with Gasteiger partial charge in [0.25, 0.3) is 0 Å². The molecule has 3 unspecified atom stereocenters. The van der Waals surface area contributed by atoms with Crippen molar-refractivity contribution in [3.63, 3.8) is 0 Å². The van der Waals surface area contributed by atoms with Crippen LogP contribution in [0.2, 0.25) is 0 Å². The summed E-state index contributed by atoms with van der Waals surface area (Å²) in [5.74, 6) is -0.214. The Balaban J connectivity index is 1.95. The minimum Gasteiger partial charge on any atom is -0.481 e. The Hall–Kier alpha value is -0.140. The molecule has 2 rings (SSSR count). The number of fused-ring (bicyclic) bond motifs is 2. The number of carboxylic acid groups (broad SMARTS) is 1. The number of nitrogens with zero attached hydrogens (tertiary/aromatic N) is 1. The van der Waals surface area contributed by atoms with Crippen LogP contribution in [0.4, 0.5) is 0 Å². The molecule has 0 saturated carbocycles. The minimum atomic E-state index is -0.637. The molecule has 4 heteroatoms. The van der Waals surface area contributed by atoms with E-state index in [0.29, 0.717) is 24.4 Å². The van der Waals surface area contributed by atoms with E-state index in [1.807, 2.05) is 0 Å². The highest BCUT2D eigenvalue weighted by molar-refractivity contribution is 7.13. The maximum atomic E-state index is 10.6. The molecule has 2 aliphatic heterocycles. The largest absolute Gasteiger partial charge is 0.481 e. The molecule has 0 aromatic carbocycles. The lowest BCUT2D eigenvalue weighted by Gasteiger charge is -2.35. The van der Waals surface area contributed by atoms with Crippen molar-refractivity contribution in [2.24, 2.45) is 5.92 Å². The van der Waals surface area contributed by atoms with Gasteiger partial charge in [-0.2, -0.15) is 0 Å². The van der Waals surface area contributed by atoms with Gasteiger partial charge in [0.1, 0.15) is 0 Å². The summed E-state index contributed by atoms with van der Waals surface area (Å²) in [4.78, 5) is 10.6. The Morgan fingerprint density at radius 3 is 2.38 bits per heavy atom. The third kappa shape index (κ3) is 1.87. The summed E-state index contributed by atoms with van der Waals surface area (Å²) in [5, 5.41) is 8.71. The van der Waals surface area contributed by atoms with E-state index in [2.05, 4.69) is 14.1 Å². The summed E-state index contributed by atoms with van der Waals surface area (Å²) in [6.07, 6.45) is 5.03. The van der Waals surface area contributed by atoms with Crippen LogP contribution in [0.15, 0.2) is 0 Å². The molecule has 2 fully saturated rings. The summed E-state index contributed by atoms with van der Waals surface area (Å²) in [6.45, 7) is 0. The molecule has 3 atom stereocenters. The quantitative estimate of drug-likeness (QED) is 0.688. The molecule has 3 nitrogen and oxygen atoms in total. The highest BCUT2D eigenvalue weighted by atomic mass is 31.0. The van der Waals surface area contributed by atoms with Crippen molar-refractivity contribution in [1.82, 2.24) is 4.67 Å². The van der Waals surface area contributed by atoms with Gasteiger partial charge in [-0.15, -0.1) is 0 Å². The Bertz CT molecular complexity index is 208. The van der Waals surface area contributed by atoms with E-state index >= 15 is 0 Å². The summed E-state index contributed by atoms with van der Waals surface area (Å²) in [6, 6.07) is 1.26. The SMILES string of the molecule is O=C(O)CC1CC2CCC(C1)N2P. The first-order valence-electron chi connectivity index (χ1n) is 4.91. The number of rotatable bonds is 2. The van der Waals surface area contributed by atoms with Crippen molar-refractivity contribution < 1.29 is 9.90 Å². The zero-order valence-electron chi connectivity index (χ0n) is 7.65. The molecule has 0 spiro atoms. The van der Waals surface area contributed by atoms with Gasteiger partial charge in [0, 0.05) is 18.5 Å². The number of hydrogen-bond donors (Lipinski definition) is 1. The lowest BCUT2D eigenvalue weighted by molar-refractivity contribution is -0.138. The topological polar surface area (TPSA) is 40.5 Å². The zero-order valence-corrected chi connectivity index (χ0v) is 8.80. The van der Waals surface area contributed by atoms with Gasteiger partial charge in [0.15, 0.2) is 0 Å². The van der Waals surface area contributed by atoms with Gasteiger partial charge >= 0.3 is 5.97 Å². The Morgan fingerprint density at radius 2 is 1.92 bits per heavy atom. The maximum absolute atomic E-state index is 10.6. The van der Waals surface area contributed by atoms with E-state index in [4.69, 9.17) is 5.11 Å². The fourth-order valence-electron chi connectivity index (χ4n) is 2.74. The Kier molecular flexibility index (Phi) is 2.57. The van der Waals surface area contributed by atoms with Crippen LogP contribution in [0.5, 0.6) is 0 Å². The summed E-state index contributed by atoms with van der Waals surface area (Å²) < 4.78 is 2.36. The van der Waals surface area contributed by atoms with Crippen molar-refractivity contribution in [2.45, 2.75) is 44.2 Å². The predicted octanol–water partition coefficient (Wildman–Crippen LogP) is 1.49. The highest BCUT2D eigenvalue weighted by Gasteiger charge is 2.38. The van der Waals surface area contributed by atoms with Crippen molar-refractivity contribution in [1.29, 1.82) is 0 Å². The molecule has 0 aliphatic carbocycles. The first-order chi connectivity index (χ1) is 6.16. The van der Waals surface area contributed by atoms with Crippen LogP contribution in [0.25, 0.3) is 0 Å². The van der Waals surface area contributed by atoms with Crippen LogP contribution in [0.3, 0.4) is 0 Å². The molecule has 13 heavy (non-hydrogen) atoms. The normalized spacial score (nSPS) is 39.3. The van der Waals surface area contributed by atoms with Gasteiger partial charge < -0.3 is 5.11 Å². The van der Waals surface area contributed by atoms with Gasteiger partial charge in [-0.05, 0) is 31.6 Å².